The van der Waals surface area contributed by atoms with Crippen LogP contribution in [0.5, 0.6) is 0 Å². The molecule has 0 spiro atoms. The Morgan fingerprint density at radius 2 is 2.00 bits per heavy atom. The molecule has 1 aromatic carbocycles. The van der Waals surface area contributed by atoms with Crippen molar-refractivity contribution in [3.63, 3.8) is 0 Å². The predicted molar refractivity (Wildman–Crippen MR) is 61.9 cm³/mol. The summed E-state index contributed by atoms with van der Waals surface area (Å²) in [6, 6.07) is 1.75. The number of aliphatic carboxylic acids is 1. The van der Waals surface area contributed by atoms with Crippen LogP contribution in [-0.2, 0) is 9.53 Å². The minimum atomic E-state index is -1.12. The van der Waals surface area contributed by atoms with Crippen LogP contribution in [0.4, 0.5) is 8.78 Å². The summed E-state index contributed by atoms with van der Waals surface area (Å²) in [6.45, 7) is 0.962. The van der Waals surface area contributed by atoms with E-state index in [1.54, 1.807) is 0 Å². The van der Waals surface area contributed by atoms with E-state index in [-0.39, 0.29) is 24.3 Å². The summed E-state index contributed by atoms with van der Waals surface area (Å²) in [5.41, 5.74) is -0.106. The second kappa shape index (κ2) is 6.79. The fraction of sp³-hybridized carbons (Fsp3) is 0.333. The van der Waals surface area contributed by atoms with Crippen molar-refractivity contribution in [1.82, 2.24) is 5.32 Å². The average Bonchev–Trinajstić information content (AvgIpc) is 2.32. The van der Waals surface area contributed by atoms with E-state index in [1.807, 2.05) is 0 Å². The molecular weight excluding hydrogens is 260 g/mol. The number of carbonyl (C=O) groups is 2. The molecule has 2 N–H and O–H groups in total. The van der Waals surface area contributed by atoms with Gasteiger partial charge < -0.3 is 15.2 Å². The molecule has 0 saturated carbocycles. The lowest BCUT2D eigenvalue weighted by Crippen LogP contribution is -2.28. The lowest BCUT2D eigenvalue weighted by atomic mass is 10.1. The van der Waals surface area contributed by atoms with E-state index < -0.39 is 30.1 Å². The number of hydrogen-bond acceptors (Lipinski definition) is 3. The van der Waals surface area contributed by atoms with Gasteiger partial charge in [0.15, 0.2) is 0 Å². The van der Waals surface area contributed by atoms with Gasteiger partial charge in [0, 0.05) is 12.6 Å². The van der Waals surface area contributed by atoms with Crippen LogP contribution in [0.25, 0.3) is 0 Å². The molecule has 1 aromatic rings. The van der Waals surface area contributed by atoms with Gasteiger partial charge in [0.1, 0.15) is 18.2 Å². The van der Waals surface area contributed by atoms with Crippen LogP contribution in [0.2, 0.25) is 0 Å². The van der Waals surface area contributed by atoms with Crippen molar-refractivity contribution in [2.75, 3.05) is 19.8 Å². The lowest BCUT2D eigenvalue weighted by molar-refractivity contribution is -0.142. The lowest BCUT2D eigenvalue weighted by Gasteiger charge is -2.07. The van der Waals surface area contributed by atoms with Crippen molar-refractivity contribution < 1.29 is 28.2 Å². The summed E-state index contributed by atoms with van der Waals surface area (Å²) in [5, 5.41) is 10.6. The van der Waals surface area contributed by atoms with Crippen LogP contribution in [-0.4, -0.2) is 36.7 Å². The molecule has 0 fully saturated rings. The molecule has 1 rings (SSSR count). The molecule has 19 heavy (non-hydrogen) atoms. The maximum atomic E-state index is 13.4. The third-order valence-corrected chi connectivity index (χ3v) is 2.25. The number of ether oxygens (including phenoxy) is 1. The number of rotatable bonds is 6. The maximum absolute atomic E-state index is 13.4. The van der Waals surface area contributed by atoms with Gasteiger partial charge in [0.2, 0.25) is 0 Å². The summed E-state index contributed by atoms with van der Waals surface area (Å²) < 4.78 is 31.0. The van der Waals surface area contributed by atoms with Crippen molar-refractivity contribution in [3.05, 3.63) is 34.9 Å². The van der Waals surface area contributed by atoms with E-state index in [0.717, 1.165) is 6.07 Å². The van der Waals surface area contributed by atoms with E-state index in [9.17, 15) is 18.4 Å². The zero-order valence-corrected chi connectivity index (χ0v) is 10.2. The monoisotopic (exact) mass is 273 g/mol. The Labute approximate surface area is 108 Å². The number of amides is 1. The largest absolute Gasteiger partial charge is 0.480 e. The fourth-order valence-electron chi connectivity index (χ4n) is 1.32. The molecule has 1 amide bonds. The Kier molecular flexibility index (Phi) is 5.37. The van der Waals surface area contributed by atoms with Crippen molar-refractivity contribution in [3.8, 4) is 0 Å². The van der Waals surface area contributed by atoms with E-state index in [1.165, 1.54) is 6.92 Å². The first-order chi connectivity index (χ1) is 8.91. The number of carboxylic acids is 1. The van der Waals surface area contributed by atoms with Gasteiger partial charge in [0.05, 0.1) is 12.2 Å². The van der Waals surface area contributed by atoms with Gasteiger partial charge in [0.25, 0.3) is 5.91 Å². The Morgan fingerprint density at radius 1 is 1.32 bits per heavy atom. The highest BCUT2D eigenvalue weighted by Crippen LogP contribution is 2.13. The summed E-state index contributed by atoms with van der Waals surface area (Å²) in [4.78, 5) is 21.7. The molecule has 0 aliphatic heterocycles. The quantitative estimate of drug-likeness (QED) is 0.761. The van der Waals surface area contributed by atoms with E-state index >= 15 is 0 Å². The number of carbonyl (C=O) groups excluding carboxylic acids is 1. The zero-order chi connectivity index (χ0) is 14.4. The molecule has 0 unspecified atom stereocenters. The molecule has 5 nitrogen and oxygen atoms in total. The van der Waals surface area contributed by atoms with Crippen molar-refractivity contribution in [1.29, 1.82) is 0 Å². The third kappa shape index (κ3) is 4.63. The van der Waals surface area contributed by atoms with Crippen molar-refractivity contribution in [2.45, 2.75) is 6.92 Å². The first-order valence-corrected chi connectivity index (χ1v) is 5.45. The Morgan fingerprint density at radius 3 is 2.63 bits per heavy atom. The molecule has 104 valence electrons. The zero-order valence-electron chi connectivity index (χ0n) is 10.2. The second-order valence-electron chi connectivity index (χ2n) is 3.78. The summed E-state index contributed by atoms with van der Waals surface area (Å²) in [7, 11) is 0. The van der Waals surface area contributed by atoms with Gasteiger partial charge >= 0.3 is 5.97 Å². The number of halogens is 2. The first-order valence-electron chi connectivity index (χ1n) is 5.45. The molecule has 0 radical (unpaired) electrons. The molecule has 7 heteroatoms. The van der Waals surface area contributed by atoms with Crippen LogP contribution in [0.3, 0.4) is 0 Å². The number of benzene rings is 1. The van der Waals surface area contributed by atoms with Gasteiger partial charge in [-0.2, -0.15) is 0 Å². The number of nitrogens with one attached hydrogen (secondary N) is 1. The van der Waals surface area contributed by atoms with Crippen LogP contribution in [0, 0.1) is 18.6 Å². The molecule has 0 heterocycles. The van der Waals surface area contributed by atoms with Crippen LogP contribution < -0.4 is 5.32 Å². The molecule has 0 saturated heterocycles. The highest BCUT2D eigenvalue weighted by molar-refractivity contribution is 5.94. The molecule has 0 atom stereocenters. The van der Waals surface area contributed by atoms with E-state index in [2.05, 4.69) is 10.1 Å². The molecule has 0 aromatic heterocycles. The third-order valence-electron chi connectivity index (χ3n) is 2.25. The fourth-order valence-corrected chi connectivity index (χ4v) is 1.32. The Bertz CT molecular complexity index is 491. The first kappa shape index (κ1) is 15.0. The minimum Gasteiger partial charge on any atom is -0.480 e. The van der Waals surface area contributed by atoms with Crippen LogP contribution in [0.15, 0.2) is 12.1 Å². The van der Waals surface area contributed by atoms with Gasteiger partial charge in [-0.15, -0.1) is 0 Å². The Hall–Kier alpha value is -2.02. The topological polar surface area (TPSA) is 75.6 Å². The van der Waals surface area contributed by atoms with Gasteiger partial charge in [-0.25, -0.2) is 13.6 Å². The summed E-state index contributed by atoms with van der Waals surface area (Å²) in [5.74, 6) is -3.50. The maximum Gasteiger partial charge on any atom is 0.329 e. The van der Waals surface area contributed by atoms with E-state index in [0.29, 0.717) is 6.07 Å². The van der Waals surface area contributed by atoms with Crippen LogP contribution >= 0.6 is 0 Å². The number of aryl methyl sites for hydroxylation is 1. The highest BCUT2D eigenvalue weighted by atomic mass is 19.1. The number of carboxylic acid groups (broad SMARTS) is 1. The molecular formula is C12H13F2NO4. The normalized spacial score (nSPS) is 10.3. The van der Waals surface area contributed by atoms with E-state index in [4.69, 9.17) is 5.11 Å². The molecule has 0 aliphatic rings. The second-order valence-corrected chi connectivity index (χ2v) is 3.78. The smallest absolute Gasteiger partial charge is 0.329 e. The SMILES string of the molecule is Cc1cc(C(=O)NCCOCC(=O)O)c(F)cc1F. The minimum absolute atomic E-state index is 0.0141. The number of hydrogen-bond donors (Lipinski definition) is 2. The average molecular weight is 273 g/mol. The summed E-state index contributed by atoms with van der Waals surface area (Å²) >= 11 is 0. The predicted octanol–water partition coefficient (Wildman–Crippen LogP) is 1.10. The standard InChI is InChI=1S/C12H13F2NO4/c1-7-4-8(10(14)5-9(7)13)12(18)15-2-3-19-6-11(16)17/h4-5H,2-3,6H2,1H3,(H,15,18)(H,16,17). The highest BCUT2D eigenvalue weighted by Gasteiger charge is 2.14. The van der Waals surface area contributed by atoms with Crippen LogP contribution in [0.1, 0.15) is 15.9 Å². The van der Waals surface area contributed by atoms with Crippen molar-refractivity contribution in [2.24, 2.45) is 0 Å². The van der Waals surface area contributed by atoms with Crippen molar-refractivity contribution >= 4 is 11.9 Å². The van der Waals surface area contributed by atoms with Gasteiger partial charge in [-0.1, -0.05) is 0 Å². The molecule has 0 bridgehead atoms. The Balaban J connectivity index is 2.50. The molecule has 0 aliphatic carbocycles. The van der Waals surface area contributed by atoms with Gasteiger partial charge in [-0.05, 0) is 18.6 Å². The van der Waals surface area contributed by atoms with Gasteiger partial charge in [-0.3, -0.25) is 4.79 Å². The summed E-state index contributed by atoms with van der Waals surface area (Å²) in [6.07, 6.45) is 0.